The van der Waals surface area contributed by atoms with Crippen LogP contribution in [-0.2, 0) is 14.3 Å². The van der Waals surface area contributed by atoms with E-state index in [0.717, 1.165) is 12.1 Å². The van der Waals surface area contributed by atoms with Gasteiger partial charge >= 0.3 is 5.97 Å². The maximum absolute atomic E-state index is 13.6. The predicted octanol–water partition coefficient (Wildman–Crippen LogP) is 2.18. The lowest BCUT2D eigenvalue weighted by molar-refractivity contribution is -0.147. The average Bonchev–Trinajstić information content (AvgIpc) is 2.57. The third-order valence-electron chi connectivity index (χ3n) is 4.20. The zero-order chi connectivity index (χ0) is 17.0. The third-order valence-corrected chi connectivity index (χ3v) is 4.20. The molecule has 1 amide bonds. The highest BCUT2D eigenvalue weighted by atomic mass is 19.1. The van der Waals surface area contributed by atoms with Gasteiger partial charge in [-0.2, -0.15) is 0 Å². The molecule has 1 heterocycles. The highest BCUT2D eigenvalue weighted by Crippen LogP contribution is 2.22. The van der Waals surface area contributed by atoms with Crippen molar-refractivity contribution in [3.8, 4) is 0 Å². The molecule has 0 aromatic heterocycles. The number of esters is 1. The quantitative estimate of drug-likeness (QED) is 0.862. The van der Waals surface area contributed by atoms with E-state index in [4.69, 9.17) is 4.74 Å². The van der Waals surface area contributed by atoms with Crippen LogP contribution < -0.4 is 5.32 Å². The van der Waals surface area contributed by atoms with Crippen molar-refractivity contribution in [3.05, 3.63) is 29.8 Å². The number of anilines is 1. The Morgan fingerprint density at radius 3 is 2.35 bits per heavy atom. The number of likely N-dealkylation sites (tertiary alicyclic amines) is 1. The van der Waals surface area contributed by atoms with Gasteiger partial charge in [-0.05, 0) is 45.0 Å². The highest BCUT2D eigenvalue weighted by molar-refractivity contribution is 5.94. The second-order valence-electron chi connectivity index (χ2n) is 5.60. The molecule has 0 bridgehead atoms. The fraction of sp³-hybridized carbons (Fsp3) is 0.500. The van der Waals surface area contributed by atoms with Crippen molar-refractivity contribution in [3.63, 3.8) is 0 Å². The lowest BCUT2D eigenvalue weighted by atomic mass is 9.96. The lowest BCUT2D eigenvalue weighted by Crippen LogP contribution is -2.47. The Balaban J connectivity index is 1.95. The van der Waals surface area contributed by atoms with E-state index in [0.29, 0.717) is 25.9 Å². The summed E-state index contributed by atoms with van der Waals surface area (Å²) in [6.07, 6.45) is 1.19. The molecular formula is C16H20F2N2O3. The molecule has 1 aromatic rings. The second kappa shape index (κ2) is 7.50. The zero-order valence-corrected chi connectivity index (χ0v) is 13.1. The smallest absolute Gasteiger partial charge is 0.308 e. The van der Waals surface area contributed by atoms with E-state index in [2.05, 4.69) is 5.32 Å². The van der Waals surface area contributed by atoms with Crippen LogP contribution in [0.15, 0.2) is 18.2 Å². The van der Waals surface area contributed by atoms with Crippen LogP contribution in [0.3, 0.4) is 0 Å². The van der Waals surface area contributed by atoms with Crippen LogP contribution in [0.25, 0.3) is 0 Å². The number of amides is 1. The van der Waals surface area contributed by atoms with Crippen LogP contribution >= 0.6 is 0 Å². The monoisotopic (exact) mass is 326 g/mol. The van der Waals surface area contributed by atoms with Crippen LogP contribution in [0.1, 0.15) is 19.8 Å². The van der Waals surface area contributed by atoms with Crippen molar-refractivity contribution in [2.24, 2.45) is 5.92 Å². The maximum Gasteiger partial charge on any atom is 0.308 e. The molecule has 1 fully saturated rings. The Kier molecular flexibility index (Phi) is 5.65. The van der Waals surface area contributed by atoms with Crippen LogP contribution in [-0.4, -0.2) is 43.0 Å². The van der Waals surface area contributed by atoms with E-state index in [1.54, 1.807) is 6.92 Å². The summed E-state index contributed by atoms with van der Waals surface area (Å²) in [4.78, 5) is 25.6. The van der Waals surface area contributed by atoms with Crippen molar-refractivity contribution in [2.45, 2.75) is 25.8 Å². The fourth-order valence-electron chi connectivity index (χ4n) is 2.70. The standard InChI is InChI=1S/C16H20F2N2O3/c1-10(20-8-6-11(7-9-20)16(22)23-2)15(21)19-14-12(17)4-3-5-13(14)18/h3-5,10-11H,6-9H2,1-2H3,(H,19,21). The molecule has 1 N–H and O–H groups in total. The minimum absolute atomic E-state index is 0.157. The van der Waals surface area contributed by atoms with Gasteiger partial charge in [0.15, 0.2) is 0 Å². The van der Waals surface area contributed by atoms with Crippen LogP contribution in [0.5, 0.6) is 0 Å². The van der Waals surface area contributed by atoms with Gasteiger partial charge in [0.05, 0.1) is 19.1 Å². The summed E-state index contributed by atoms with van der Waals surface area (Å²) in [5, 5.41) is 2.30. The van der Waals surface area contributed by atoms with E-state index >= 15 is 0 Å². The number of piperidine rings is 1. The van der Waals surface area contributed by atoms with Gasteiger partial charge in [0, 0.05) is 0 Å². The Hall–Kier alpha value is -2.02. The molecule has 126 valence electrons. The first-order chi connectivity index (χ1) is 10.9. The number of hydrogen-bond donors (Lipinski definition) is 1. The number of para-hydroxylation sites is 1. The molecule has 1 saturated heterocycles. The number of benzene rings is 1. The molecule has 0 spiro atoms. The summed E-state index contributed by atoms with van der Waals surface area (Å²) in [6, 6.07) is 2.87. The number of carbonyl (C=O) groups is 2. The van der Waals surface area contributed by atoms with Gasteiger partial charge in [-0.15, -0.1) is 0 Å². The van der Waals surface area contributed by atoms with Crippen molar-refractivity contribution >= 4 is 17.6 Å². The highest BCUT2D eigenvalue weighted by Gasteiger charge is 2.30. The van der Waals surface area contributed by atoms with Crippen molar-refractivity contribution < 1.29 is 23.1 Å². The second-order valence-corrected chi connectivity index (χ2v) is 5.60. The molecule has 5 nitrogen and oxygen atoms in total. The third kappa shape index (κ3) is 4.04. The number of nitrogens with one attached hydrogen (secondary N) is 1. The minimum atomic E-state index is -0.810. The predicted molar refractivity (Wildman–Crippen MR) is 80.8 cm³/mol. The summed E-state index contributed by atoms with van der Waals surface area (Å²) in [5.74, 6) is -2.50. The molecule has 0 radical (unpaired) electrons. The van der Waals surface area contributed by atoms with Crippen LogP contribution in [0.2, 0.25) is 0 Å². The molecule has 7 heteroatoms. The van der Waals surface area contributed by atoms with Crippen molar-refractivity contribution in [1.29, 1.82) is 0 Å². The number of halogens is 2. The first kappa shape index (κ1) is 17.3. The minimum Gasteiger partial charge on any atom is -0.469 e. The molecule has 0 saturated carbocycles. The molecule has 1 unspecified atom stereocenters. The first-order valence-corrected chi connectivity index (χ1v) is 7.50. The SMILES string of the molecule is COC(=O)C1CCN(C(C)C(=O)Nc2c(F)cccc2F)CC1. The van der Waals surface area contributed by atoms with E-state index in [1.165, 1.54) is 13.2 Å². The van der Waals surface area contributed by atoms with Gasteiger partial charge in [0.25, 0.3) is 0 Å². The molecular weight excluding hydrogens is 306 g/mol. The number of ether oxygens (including phenoxy) is 1. The van der Waals surface area contributed by atoms with Gasteiger partial charge in [-0.3, -0.25) is 14.5 Å². The van der Waals surface area contributed by atoms with Gasteiger partial charge in [0.2, 0.25) is 5.91 Å². The number of hydrogen-bond acceptors (Lipinski definition) is 4. The van der Waals surface area contributed by atoms with Crippen LogP contribution in [0.4, 0.5) is 14.5 Å². The lowest BCUT2D eigenvalue weighted by Gasteiger charge is -2.34. The zero-order valence-electron chi connectivity index (χ0n) is 13.1. The summed E-state index contributed by atoms with van der Waals surface area (Å²) in [5.41, 5.74) is -0.436. The van der Waals surface area contributed by atoms with Gasteiger partial charge in [-0.25, -0.2) is 8.78 Å². The van der Waals surface area contributed by atoms with E-state index in [1.807, 2.05) is 4.90 Å². The van der Waals surface area contributed by atoms with Crippen molar-refractivity contribution in [1.82, 2.24) is 4.90 Å². The summed E-state index contributed by atoms with van der Waals surface area (Å²) in [6.45, 7) is 2.77. The van der Waals surface area contributed by atoms with Gasteiger partial charge < -0.3 is 10.1 Å². The van der Waals surface area contributed by atoms with E-state index < -0.39 is 29.3 Å². The molecule has 23 heavy (non-hydrogen) atoms. The molecule has 1 aromatic carbocycles. The summed E-state index contributed by atoms with van der Waals surface area (Å²) < 4.78 is 31.9. The van der Waals surface area contributed by atoms with E-state index in [9.17, 15) is 18.4 Å². The number of carbonyl (C=O) groups excluding carboxylic acids is 2. The number of nitrogens with zero attached hydrogens (tertiary/aromatic N) is 1. The van der Waals surface area contributed by atoms with Crippen molar-refractivity contribution in [2.75, 3.05) is 25.5 Å². The Labute approximate surface area is 133 Å². The first-order valence-electron chi connectivity index (χ1n) is 7.50. The van der Waals surface area contributed by atoms with Gasteiger partial charge in [0.1, 0.15) is 17.3 Å². The normalized spacial score (nSPS) is 17.6. The Morgan fingerprint density at radius 2 is 1.83 bits per heavy atom. The average molecular weight is 326 g/mol. The Morgan fingerprint density at radius 1 is 1.26 bits per heavy atom. The fourth-order valence-corrected chi connectivity index (χ4v) is 2.70. The summed E-state index contributed by atoms with van der Waals surface area (Å²) >= 11 is 0. The Bertz CT molecular complexity index is 566. The topological polar surface area (TPSA) is 58.6 Å². The molecule has 1 aliphatic heterocycles. The molecule has 0 aliphatic carbocycles. The number of rotatable bonds is 4. The molecule has 2 rings (SSSR count). The number of methoxy groups -OCH3 is 1. The largest absolute Gasteiger partial charge is 0.469 e. The molecule has 1 aliphatic rings. The van der Waals surface area contributed by atoms with Gasteiger partial charge in [-0.1, -0.05) is 6.07 Å². The maximum atomic E-state index is 13.6. The van der Waals surface area contributed by atoms with E-state index in [-0.39, 0.29) is 11.9 Å². The molecule has 1 atom stereocenters. The summed E-state index contributed by atoms with van der Waals surface area (Å²) in [7, 11) is 1.35. The van der Waals surface area contributed by atoms with Crippen LogP contribution in [0, 0.1) is 17.6 Å².